The SMILES string of the molecule is O=C(N[C@@H]1CC[C@H](C(=O)N2CCCC[C@@H]2C(=O)O)C1)OCC1c2ccccc2-c2ccccc21. The Kier molecular flexibility index (Phi) is 6.26. The Labute approximate surface area is 199 Å². The van der Waals surface area contributed by atoms with Gasteiger partial charge in [0.1, 0.15) is 12.6 Å². The summed E-state index contributed by atoms with van der Waals surface area (Å²) in [5, 5.41) is 12.4. The molecule has 2 amide bonds. The van der Waals surface area contributed by atoms with E-state index in [1.165, 1.54) is 16.0 Å². The molecule has 178 valence electrons. The summed E-state index contributed by atoms with van der Waals surface area (Å²) in [6, 6.07) is 15.5. The number of hydrogen-bond donors (Lipinski definition) is 2. The average Bonchev–Trinajstić information content (AvgIpc) is 3.45. The van der Waals surface area contributed by atoms with Gasteiger partial charge in [-0.25, -0.2) is 9.59 Å². The summed E-state index contributed by atoms with van der Waals surface area (Å²) in [6.07, 6.45) is 3.56. The molecule has 0 bridgehead atoms. The van der Waals surface area contributed by atoms with Crippen molar-refractivity contribution in [1.29, 1.82) is 0 Å². The summed E-state index contributed by atoms with van der Waals surface area (Å²) in [6.45, 7) is 0.750. The largest absolute Gasteiger partial charge is 0.480 e. The van der Waals surface area contributed by atoms with E-state index in [1.807, 2.05) is 24.3 Å². The number of nitrogens with one attached hydrogen (secondary N) is 1. The average molecular weight is 463 g/mol. The van der Waals surface area contributed by atoms with Crippen LogP contribution >= 0.6 is 0 Å². The second-order valence-corrected chi connectivity index (χ2v) is 9.56. The zero-order chi connectivity index (χ0) is 23.7. The van der Waals surface area contributed by atoms with E-state index in [1.54, 1.807) is 0 Å². The lowest BCUT2D eigenvalue weighted by Crippen LogP contribution is -2.50. The van der Waals surface area contributed by atoms with Gasteiger partial charge in [0.25, 0.3) is 0 Å². The first kappa shape index (κ1) is 22.4. The van der Waals surface area contributed by atoms with E-state index in [4.69, 9.17) is 4.74 Å². The summed E-state index contributed by atoms with van der Waals surface area (Å²) in [5.74, 6) is -1.27. The van der Waals surface area contributed by atoms with Crippen molar-refractivity contribution in [3.63, 3.8) is 0 Å². The van der Waals surface area contributed by atoms with Crippen LogP contribution in [0.2, 0.25) is 0 Å². The molecule has 34 heavy (non-hydrogen) atoms. The molecule has 7 nitrogen and oxygen atoms in total. The van der Waals surface area contributed by atoms with Crippen LogP contribution < -0.4 is 5.32 Å². The highest BCUT2D eigenvalue weighted by Crippen LogP contribution is 2.44. The molecule has 3 atom stereocenters. The third kappa shape index (κ3) is 4.27. The van der Waals surface area contributed by atoms with Gasteiger partial charge in [-0.2, -0.15) is 0 Å². The van der Waals surface area contributed by atoms with Gasteiger partial charge in [-0.3, -0.25) is 4.79 Å². The topological polar surface area (TPSA) is 95.9 Å². The smallest absolute Gasteiger partial charge is 0.407 e. The molecule has 1 aliphatic heterocycles. The highest BCUT2D eigenvalue weighted by molar-refractivity contribution is 5.85. The minimum Gasteiger partial charge on any atom is -0.480 e. The van der Waals surface area contributed by atoms with E-state index in [0.29, 0.717) is 32.2 Å². The number of carboxylic acid groups (broad SMARTS) is 1. The summed E-state index contributed by atoms with van der Waals surface area (Å²) in [5.41, 5.74) is 4.69. The van der Waals surface area contributed by atoms with Crippen molar-refractivity contribution in [3.05, 3.63) is 59.7 Å². The van der Waals surface area contributed by atoms with Gasteiger partial charge in [-0.1, -0.05) is 48.5 Å². The summed E-state index contributed by atoms with van der Waals surface area (Å²) in [7, 11) is 0. The van der Waals surface area contributed by atoms with E-state index >= 15 is 0 Å². The molecule has 1 saturated heterocycles. The van der Waals surface area contributed by atoms with Gasteiger partial charge in [0.2, 0.25) is 5.91 Å². The maximum Gasteiger partial charge on any atom is 0.407 e. The predicted octanol–water partition coefficient (Wildman–Crippen LogP) is 4.16. The number of ether oxygens (including phenoxy) is 1. The number of carbonyl (C=O) groups excluding carboxylic acids is 2. The Bertz CT molecular complexity index is 1050. The van der Waals surface area contributed by atoms with Crippen LogP contribution in [0.1, 0.15) is 55.6 Å². The molecule has 7 heteroatoms. The first-order valence-electron chi connectivity index (χ1n) is 12.2. The van der Waals surface area contributed by atoms with Crippen molar-refractivity contribution in [2.75, 3.05) is 13.2 Å². The number of fused-ring (bicyclic) bond motifs is 3. The van der Waals surface area contributed by atoms with E-state index in [2.05, 4.69) is 29.6 Å². The highest BCUT2D eigenvalue weighted by atomic mass is 16.5. The van der Waals surface area contributed by atoms with Gasteiger partial charge in [0.15, 0.2) is 0 Å². The van der Waals surface area contributed by atoms with Gasteiger partial charge in [-0.05, 0) is 60.8 Å². The number of nitrogens with zero attached hydrogens (tertiary/aromatic N) is 1. The monoisotopic (exact) mass is 462 g/mol. The Morgan fingerprint density at radius 1 is 0.941 bits per heavy atom. The lowest BCUT2D eigenvalue weighted by atomic mass is 9.98. The van der Waals surface area contributed by atoms with Crippen molar-refractivity contribution in [2.45, 2.75) is 56.5 Å². The second-order valence-electron chi connectivity index (χ2n) is 9.56. The second kappa shape index (κ2) is 9.49. The van der Waals surface area contributed by atoms with Crippen LogP contribution in [-0.2, 0) is 14.3 Å². The van der Waals surface area contributed by atoms with Crippen LogP contribution in [0.5, 0.6) is 0 Å². The normalized spacial score (nSPS) is 23.8. The standard InChI is InChI=1S/C27H30N2O5/c30-25(29-14-6-5-11-24(29)26(31)32)17-12-13-18(15-17)28-27(33)34-16-23-21-9-3-1-7-19(21)20-8-2-4-10-22(20)23/h1-4,7-10,17-18,23-24H,5-6,11-16H2,(H,28,33)(H,31,32)/t17-,18+,24+/m0/s1. The Morgan fingerprint density at radius 3 is 2.29 bits per heavy atom. The van der Waals surface area contributed by atoms with Crippen LogP contribution in [0.4, 0.5) is 4.79 Å². The zero-order valence-corrected chi connectivity index (χ0v) is 19.1. The van der Waals surface area contributed by atoms with Gasteiger partial charge in [-0.15, -0.1) is 0 Å². The van der Waals surface area contributed by atoms with Gasteiger partial charge >= 0.3 is 12.1 Å². The molecule has 0 spiro atoms. The fourth-order valence-corrected chi connectivity index (χ4v) is 5.83. The molecular weight excluding hydrogens is 432 g/mol. The number of piperidine rings is 1. The van der Waals surface area contributed by atoms with Crippen LogP contribution in [-0.4, -0.2) is 53.2 Å². The first-order chi connectivity index (χ1) is 16.5. The maximum absolute atomic E-state index is 13.0. The van der Waals surface area contributed by atoms with Crippen LogP contribution in [0.3, 0.4) is 0 Å². The number of aliphatic carboxylic acids is 1. The highest BCUT2D eigenvalue weighted by Gasteiger charge is 2.39. The Hall–Kier alpha value is -3.35. The molecule has 2 aromatic carbocycles. The van der Waals surface area contributed by atoms with Crippen molar-refractivity contribution < 1.29 is 24.2 Å². The fraction of sp³-hybridized carbons (Fsp3) is 0.444. The molecule has 0 radical (unpaired) electrons. The maximum atomic E-state index is 13.0. The molecule has 2 N–H and O–H groups in total. The van der Waals surface area contributed by atoms with E-state index in [0.717, 1.165) is 24.0 Å². The number of amides is 2. The third-order valence-electron chi connectivity index (χ3n) is 7.52. The molecule has 0 unspecified atom stereocenters. The predicted molar refractivity (Wildman–Crippen MR) is 126 cm³/mol. The third-order valence-corrected chi connectivity index (χ3v) is 7.52. The van der Waals surface area contributed by atoms with Crippen molar-refractivity contribution >= 4 is 18.0 Å². The lowest BCUT2D eigenvalue weighted by Gasteiger charge is -2.34. The summed E-state index contributed by atoms with van der Waals surface area (Å²) in [4.78, 5) is 38.7. The Balaban J connectivity index is 1.16. The molecule has 1 heterocycles. The number of benzene rings is 2. The van der Waals surface area contributed by atoms with Crippen molar-refractivity contribution in [3.8, 4) is 11.1 Å². The fourth-order valence-electron chi connectivity index (χ4n) is 5.83. The minimum absolute atomic E-state index is 0.00288. The molecule has 1 saturated carbocycles. The number of alkyl carbamates (subject to hydrolysis) is 1. The number of rotatable bonds is 5. The molecular formula is C27H30N2O5. The molecule has 3 aliphatic rings. The zero-order valence-electron chi connectivity index (χ0n) is 19.1. The van der Waals surface area contributed by atoms with Gasteiger partial charge < -0.3 is 20.1 Å². The first-order valence-corrected chi connectivity index (χ1v) is 12.2. The quantitative estimate of drug-likeness (QED) is 0.696. The Morgan fingerprint density at radius 2 is 1.62 bits per heavy atom. The molecule has 2 aromatic rings. The minimum atomic E-state index is -0.931. The summed E-state index contributed by atoms with van der Waals surface area (Å²) < 4.78 is 5.64. The molecule has 2 aliphatic carbocycles. The summed E-state index contributed by atoms with van der Waals surface area (Å²) >= 11 is 0. The van der Waals surface area contributed by atoms with Crippen LogP contribution in [0.25, 0.3) is 11.1 Å². The van der Waals surface area contributed by atoms with E-state index < -0.39 is 18.1 Å². The number of hydrogen-bond acceptors (Lipinski definition) is 4. The molecule has 2 fully saturated rings. The van der Waals surface area contributed by atoms with Crippen molar-refractivity contribution in [1.82, 2.24) is 10.2 Å². The van der Waals surface area contributed by atoms with E-state index in [9.17, 15) is 19.5 Å². The number of likely N-dealkylation sites (tertiary alicyclic amines) is 1. The lowest BCUT2D eigenvalue weighted by molar-refractivity contribution is -0.153. The van der Waals surface area contributed by atoms with Crippen LogP contribution in [0.15, 0.2) is 48.5 Å². The van der Waals surface area contributed by atoms with Gasteiger partial charge in [0.05, 0.1) is 0 Å². The number of carboxylic acids is 1. The number of carbonyl (C=O) groups is 3. The van der Waals surface area contributed by atoms with Crippen LogP contribution in [0, 0.1) is 5.92 Å². The molecule has 0 aromatic heterocycles. The van der Waals surface area contributed by atoms with Crippen molar-refractivity contribution in [2.24, 2.45) is 5.92 Å². The van der Waals surface area contributed by atoms with E-state index in [-0.39, 0.29) is 30.4 Å². The van der Waals surface area contributed by atoms with Gasteiger partial charge in [0, 0.05) is 24.4 Å². The molecule has 5 rings (SSSR count).